The number of likely N-dealkylation sites (N-methyl/N-ethyl adjacent to an activating group) is 1. The number of nitrogens with two attached hydrogens (primary N) is 1. The first-order valence-electron chi connectivity index (χ1n) is 6.16. The third-order valence-electron chi connectivity index (χ3n) is 3.16. The lowest BCUT2D eigenvalue weighted by Crippen LogP contribution is -2.56. The van der Waals surface area contributed by atoms with E-state index in [4.69, 9.17) is 5.73 Å². The number of piperazine rings is 1. The summed E-state index contributed by atoms with van der Waals surface area (Å²) in [5.41, 5.74) is 5.94. The molecule has 0 spiro atoms. The van der Waals surface area contributed by atoms with Crippen LogP contribution in [0.3, 0.4) is 0 Å². The quantitative estimate of drug-likeness (QED) is 0.765. The molecule has 0 bridgehead atoms. The Morgan fingerprint density at radius 2 is 2.06 bits per heavy atom. The van der Waals surface area contributed by atoms with Crippen LogP contribution in [-0.2, 0) is 4.79 Å². The van der Waals surface area contributed by atoms with Gasteiger partial charge in [0.15, 0.2) is 0 Å². The lowest BCUT2D eigenvalue weighted by atomic mass is 10.0. The molecule has 0 aromatic heterocycles. The number of carbonyl (C=O) groups is 1. The van der Waals surface area contributed by atoms with Crippen LogP contribution in [0.1, 0.15) is 27.2 Å². The second kappa shape index (κ2) is 5.64. The lowest BCUT2D eigenvalue weighted by molar-refractivity contribution is -0.137. The number of amides is 1. The standard InChI is InChI=1S/C12H25N3O/c1-9(2)7-11(13)12(16)15-6-5-14(4)8-10(15)3/h9-11H,5-8,13H2,1-4H3. The molecule has 4 heteroatoms. The summed E-state index contributed by atoms with van der Waals surface area (Å²) >= 11 is 0. The number of rotatable bonds is 3. The molecule has 1 amide bonds. The third kappa shape index (κ3) is 3.46. The summed E-state index contributed by atoms with van der Waals surface area (Å²) in [6.45, 7) is 8.99. The van der Waals surface area contributed by atoms with E-state index in [1.54, 1.807) is 0 Å². The van der Waals surface area contributed by atoms with Crippen LogP contribution >= 0.6 is 0 Å². The van der Waals surface area contributed by atoms with Crippen molar-refractivity contribution in [3.05, 3.63) is 0 Å². The summed E-state index contributed by atoms with van der Waals surface area (Å²) in [4.78, 5) is 16.3. The van der Waals surface area contributed by atoms with Crippen molar-refractivity contribution in [3.63, 3.8) is 0 Å². The monoisotopic (exact) mass is 227 g/mol. The molecule has 94 valence electrons. The highest BCUT2D eigenvalue weighted by Crippen LogP contribution is 2.12. The van der Waals surface area contributed by atoms with Crippen LogP contribution in [0, 0.1) is 5.92 Å². The van der Waals surface area contributed by atoms with Gasteiger partial charge in [-0.2, -0.15) is 0 Å². The van der Waals surface area contributed by atoms with Crippen molar-refractivity contribution in [2.75, 3.05) is 26.7 Å². The van der Waals surface area contributed by atoms with Crippen molar-refractivity contribution in [3.8, 4) is 0 Å². The van der Waals surface area contributed by atoms with Gasteiger partial charge in [-0.1, -0.05) is 13.8 Å². The molecule has 0 aliphatic carbocycles. The minimum atomic E-state index is -0.328. The zero-order chi connectivity index (χ0) is 12.3. The van der Waals surface area contributed by atoms with Crippen LogP contribution in [0.5, 0.6) is 0 Å². The second-order valence-electron chi connectivity index (χ2n) is 5.38. The first kappa shape index (κ1) is 13.5. The molecule has 16 heavy (non-hydrogen) atoms. The van der Waals surface area contributed by atoms with Crippen molar-refractivity contribution in [1.82, 2.24) is 9.80 Å². The fourth-order valence-corrected chi connectivity index (χ4v) is 2.29. The van der Waals surface area contributed by atoms with Crippen LogP contribution < -0.4 is 5.73 Å². The molecule has 4 nitrogen and oxygen atoms in total. The SMILES string of the molecule is CC(C)CC(N)C(=O)N1CCN(C)CC1C. The van der Waals surface area contributed by atoms with E-state index in [9.17, 15) is 4.79 Å². The highest BCUT2D eigenvalue weighted by atomic mass is 16.2. The molecule has 2 atom stereocenters. The van der Waals surface area contributed by atoms with E-state index >= 15 is 0 Å². The molecule has 2 N–H and O–H groups in total. The number of hydrogen-bond donors (Lipinski definition) is 1. The third-order valence-corrected chi connectivity index (χ3v) is 3.16. The Kier molecular flexibility index (Phi) is 4.74. The van der Waals surface area contributed by atoms with E-state index in [2.05, 4.69) is 32.7 Å². The maximum absolute atomic E-state index is 12.1. The van der Waals surface area contributed by atoms with Crippen LogP contribution in [0.15, 0.2) is 0 Å². The van der Waals surface area contributed by atoms with Gasteiger partial charge in [0.05, 0.1) is 6.04 Å². The maximum Gasteiger partial charge on any atom is 0.239 e. The number of hydrogen-bond acceptors (Lipinski definition) is 3. The molecule has 1 aliphatic rings. The Morgan fingerprint density at radius 1 is 1.44 bits per heavy atom. The van der Waals surface area contributed by atoms with Gasteiger partial charge in [0.1, 0.15) is 0 Å². The van der Waals surface area contributed by atoms with Gasteiger partial charge in [-0.3, -0.25) is 4.79 Å². The Bertz CT molecular complexity index is 242. The molecule has 0 aromatic rings. The van der Waals surface area contributed by atoms with Gasteiger partial charge in [0, 0.05) is 25.7 Å². The van der Waals surface area contributed by atoms with Crippen LogP contribution in [0.2, 0.25) is 0 Å². The summed E-state index contributed by atoms with van der Waals surface area (Å²) in [6, 6.07) is -0.0460. The van der Waals surface area contributed by atoms with Crippen molar-refractivity contribution in [1.29, 1.82) is 0 Å². The molecule has 1 fully saturated rings. The van der Waals surface area contributed by atoms with E-state index in [0.29, 0.717) is 5.92 Å². The molecular formula is C12H25N3O. The fraction of sp³-hybridized carbons (Fsp3) is 0.917. The summed E-state index contributed by atoms with van der Waals surface area (Å²) in [5.74, 6) is 0.594. The highest BCUT2D eigenvalue weighted by Gasteiger charge is 2.29. The van der Waals surface area contributed by atoms with E-state index < -0.39 is 0 Å². The highest BCUT2D eigenvalue weighted by molar-refractivity contribution is 5.82. The molecule has 1 heterocycles. The molecule has 0 saturated carbocycles. The Morgan fingerprint density at radius 3 is 2.56 bits per heavy atom. The molecule has 1 rings (SSSR count). The van der Waals surface area contributed by atoms with Gasteiger partial charge in [0.2, 0.25) is 5.91 Å². The predicted molar refractivity (Wildman–Crippen MR) is 66.1 cm³/mol. The molecule has 0 radical (unpaired) electrons. The van der Waals surface area contributed by atoms with E-state index in [0.717, 1.165) is 26.1 Å². The van der Waals surface area contributed by atoms with Crippen LogP contribution in [-0.4, -0.2) is 54.5 Å². The smallest absolute Gasteiger partial charge is 0.239 e. The first-order valence-corrected chi connectivity index (χ1v) is 6.16. The van der Waals surface area contributed by atoms with Crippen molar-refractivity contribution >= 4 is 5.91 Å². The van der Waals surface area contributed by atoms with Gasteiger partial charge in [-0.25, -0.2) is 0 Å². The zero-order valence-electron chi connectivity index (χ0n) is 10.9. The minimum absolute atomic E-state index is 0.120. The van der Waals surface area contributed by atoms with Crippen molar-refractivity contribution < 1.29 is 4.79 Å². The predicted octanol–water partition coefficient (Wildman–Crippen LogP) is 0.522. The topological polar surface area (TPSA) is 49.6 Å². The van der Waals surface area contributed by atoms with Gasteiger partial charge < -0.3 is 15.5 Å². The summed E-state index contributed by atoms with van der Waals surface area (Å²) < 4.78 is 0. The van der Waals surface area contributed by atoms with E-state index in [1.807, 2.05) is 4.90 Å². The van der Waals surface area contributed by atoms with Gasteiger partial charge in [0.25, 0.3) is 0 Å². The second-order valence-corrected chi connectivity index (χ2v) is 5.38. The summed E-state index contributed by atoms with van der Waals surface area (Å²) in [5, 5.41) is 0. The molecule has 2 unspecified atom stereocenters. The molecule has 0 aromatic carbocycles. The molecule has 1 saturated heterocycles. The number of carbonyl (C=O) groups excluding carboxylic acids is 1. The summed E-state index contributed by atoms with van der Waals surface area (Å²) in [6.07, 6.45) is 0.776. The Balaban J connectivity index is 2.53. The van der Waals surface area contributed by atoms with Crippen LogP contribution in [0.4, 0.5) is 0 Å². The first-order chi connectivity index (χ1) is 7.41. The zero-order valence-corrected chi connectivity index (χ0v) is 10.9. The molecular weight excluding hydrogens is 202 g/mol. The Labute approximate surface area is 98.8 Å². The summed E-state index contributed by atoms with van der Waals surface area (Å²) in [7, 11) is 2.09. The van der Waals surface area contributed by atoms with Crippen LogP contribution in [0.25, 0.3) is 0 Å². The number of nitrogens with zero attached hydrogens (tertiary/aromatic N) is 2. The minimum Gasteiger partial charge on any atom is -0.336 e. The maximum atomic E-state index is 12.1. The average molecular weight is 227 g/mol. The van der Waals surface area contributed by atoms with Crippen molar-refractivity contribution in [2.45, 2.75) is 39.3 Å². The molecule has 1 aliphatic heterocycles. The van der Waals surface area contributed by atoms with Gasteiger partial charge in [-0.05, 0) is 26.3 Å². The fourth-order valence-electron chi connectivity index (χ4n) is 2.29. The lowest BCUT2D eigenvalue weighted by Gasteiger charge is -2.39. The van der Waals surface area contributed by atoms with Crippen molar-refractivity contribution in [2.24, 2.45) is 11.7 Å². The largest absolute Gasteiger partial charge is 0.336 e. The average Bonchev–Trinajstić information content (AvgIpc) is 2.15. The Hall–Kier alpha value is -0.610. The van der Waals surface area contributed by atoms with E-state index in [1.165, 1.54) is 0 Å². The van der Waals surface area contributed by atoms with E-state index in [-0.39, 0.29) is 18.0 Å². The normalized spacial score (nSPS) is 24.9. The van der Waals surface area contributed by atoms with Gasteiger partial charge >= 0.3 is 0 Å². The van der Waals surface area contributed by atoms with Gasteiger partial charge in [-0.15, -0.1) is 0 Å².